The maximum Gasteiger partial charge on any atom is 0.128 e. The topological polar surface area (TPSA) is 32.7 Å². The summed E-state index contributed by atoms with van der Waals surface area (Å²) in [5.41, 5.74) is 1.93. The first-order valence-electron chi connectivity index (χ1n) is 6.55. The molecule has 3 nitrogen and oxygen atoms in total. The Labute approximate surface area is 114 Å². The standard InChI is InChI=1S/C16H21NO2/c1-4-9-17(10-5-2)14-11-19-16-12(3)7-6-8-13(16)15(14)18/h4-8,14-15,18H,1-2,9-11H2,3H3. The molecule has 102 valence electrons. The molecule has 1 aromatic carbocycles. The number of hydrogen-bond donors (Lipinski definition) is 1. The summed E-state index contributed by atoms with van der Waals surface area (Å²) >= 11 is 0. The van der Waals surface area contributed by atoms with Crippen molar-refractivity contribution < 1.29 is 9.84 Å². The van der Waals surface area contributed by atoms with Crippen molar-refractivity contribution >= 4 is 0 Å². The molecular formula is C16H21NO2. The summed E-state index contributed by atoms with van der Waals surface area (Å²) in [6.07, 6.45) is 3.13. The lowest BCUT2D eigenvalue weighted by Crippen LogP contribution is -2.46. The van der Waals surface area contributed by atoms with Gasteiger partial charge in [-0.2, -0.15) is 0 Å². The quantitative estimate of drug-likeness (QED) is 0.825. The van der Waals surface area contributed by atoms with Gasteiger partial charge < -0.3 is 9.84 Å². The zero-order valence-corrected chi connectivity index (χ0v) is 11.4. The van der Waals surface area contributed by atoms with Crippen molar-refractivity contribution in [3.05, 3.63) is 54.6 Å². The highest BCUT2D eigenvalue weighted by Gasteiger charge is 2.33. The minimum atomic E-state index is -0.538. The smallest absolute Gasteiger partial charge is 0.128 e. The number of fused-ring (bicyclic) bond motifs is 1. The van der Waals surface area contributed by atoms with E-state index < -0.39 is 6.10 Å². The van der Waals surface area contributed by atoms with E-state index in [0.717, 1.165) is 16.9 Å². The van der Waals surface area contributed by atoms with E-state index >= 15 is 0 Å². The Hall–Kier alpha value is -1.58. The molecule has 0 saturated heterocycles. The largest absolute Gasteiger partial charge is 0.491 e. The van der Waals surface area contributed by atoms with Crippen LogP contribution >= 0.6 is 0 Å². The highest BCUT2D eigenvalue weighted by Crippen LogP contribution is 2.36. The second-order valence-electron chi connectivity index (χ2n) is 4.85. The van der Waals surface area contributed by atoms with Gasteiger partial charge in [-0.3, -0.25) is 4.90 Å². The summed E-state index contributed by atoms with van der Waals surface area (Å²) in [6, 6.07) is 5.82. The zero-order chi connectivity index (χ0) is 13.8. The van der Waals surface area contributed by atoms with E-state index in [9.17, 15) is 5.11 Å². The molecule has 1 aliphatic rings. The van der Waals surface area contributed by atoms with Gasteiger partial charge in [0.05, 0.1) is 6.04 Å². The number of aryl methyl sites for hydroxylation is 1. The number of ether oxygens (including phenoxy) is 1. The molecule has 0 fully saturated rings. The first-order valence-corrected chi connectivity index (χ1v) is 6.55. The summed E-state index contributed by atoms with van der Waals surface area (Å²) in [4.78, 5) is 2.12. The molecule has 1 N–H and O–H groups in total. The van der Waals surface area contributed by atoms with Crippen LogP contribution < -0.4 is 4.74 Å². The fourth-order valence-electron chi connectivity index (χ4n) is 2.55. The molecule has 0 saturated carbocycles. The van der Waals surface area contributed by atoms with Crippen LogP contribution in [0.15, 0.2) is 43.5 Å². The summed E-state index contributed by atoms with van der Waals surface area (Å²) in [5.74, 6) is 0.823. The van der Waals surface area contributed by atoms with Crippen molar-refractivity contribution in [3.63, 3.8) is 0 Å². The van der Waals surface area contributed by atoms with Crippen LogP contribution in [-0.2, 0) is 0 Å². The number of rotatable bonds is 5. The van der Waals surface area contributed by atoms with Crippen molar-refractivity contribution in [3.8, 4) is 5.75 Å². The van der Waals surface area contributed by atoms with Crippen LogP contribution in [0.25, 0.3) is 0 Å². The number of aliphatic hydroxyl groups is 1. The Balaban J connectivity index is 2.26. The van der Waals surface area contributed by atoms with E-state index in [1.54, 1.807) is 0 Å². The van der Waals surface area contributed by atoms with Crippen molar-refractivity contribution in [2.45, 2.75) is 19.1 Å². The van der Waals surface area contributed by atoms with Crippen LogP contribution in [-0.4, -0.2) is 35.7 Å². The Morgan fingerprint density at radius 1 is 1.37 bits per heavy atom. The highest BCUT2D eigenvalue weighted by atomic mass is 16.5. The van der Waals surface area contributed by atoms with Gasteiger partial charge in [-0.25, -0.2) is 0 Å². The summed E-state index contributed by atoms with van der Waals surface area (Å²) in [7, 11) is 0. The molecule has 0 radical (unpaired) electrons. The molecule has 0 aromatic heterocycles. The average Bonchev–Trinajstić information content (AvgIpc) is 2.40. The third-order valence-electron chi connectivity index (χ3n) is 3.52. The van der Waals surface area contributed by atoms with E-state index in [4.69, 9.17) is 4.74 Å². The lowest BCUT2D eigenvalue weighted by atomic mass is 9.96. The fraction of sp³-hybridized carbons (Fsp3) is 0.375. The van der Waals surface area contributed by atoms with Crippen LogP contribution in [0.5, 0.6) is 5.75 Å². The lowest BCUT2D eigenvalue weighted by molar-refractivity contribution is 0.0131. The number of nitrogens with zero attached hydrogens (tertiary/aromatic N) is 1. The molecule has 0 bridgehead atoms. The molecule has 1 heterocycles. The van der Waals surface area contributed by atoms with Gasteiger partial charge in [0.2, 0.25) is 0 Å². The van der Waals surface area contributed by atoms with Crippen LogP contribution in [0, 0.1) is 6.92 Å². The molecule has 2 unspecified atom stereocenters. The Morgan fingerprint density at radius 2 is 2.05 bits per heavy atom. The molecule has 3 heteroatoms. The zero-order valence-electron chi connectivity index (χ0n) is 11.4. The predicted molar refractivity (Wildman–Crippen MR) is 77.4 cm³/mol. The Morgan fingerprint density at radius 3 is 2.68 bits per heavy atom. The van der Waals surface area contributed by atoms with E-state index in [-0.39, 0.29) is 6.04 Å². The van der Waals surface area contributed by atoms with Gasteiger partial charge in [-0.1, -0.05) is 30.4 Å². The third-order valence-corrected chi connectivity index (χ3v) is 3.52. The maximum atomic E-state index is 10.6. The van der Waals surface area contributed by atoms with Crippen molar-refractivity contribution in [2.75, 3.05) is 19.7 Å². The molecule has 0 aliphatic carbocycles. The van der Waals surface area contributed by atoms with E-state index in [1.165, 1.54) is 0 Å². The summed E-state index contributed by atoms with van der Waals surface area (Å²) in [5, 5.41) is 10.6. The van der Waals surface area contributed by atoms with Crippen LogP contribution in [0.1, 0.15) is 17.2 Å². The number of benzene rings is 1. The van der Waals surface area contributed by atoms with Crippen molar-refractivity contribution in [1.82, 2.24) is 4.90 Å². The number of para-hydroxylation sites is 1. The highest BCUT2D eigenvalue weighted by molar-refractivity contribution is 5.44. The summed E-state index contributed by atoms with van der Waals surface area (Å²) in [6.45, 7) is 11.4. The predicted octanol–water partition coefficient (Wildman–Crippen LogP) is 2.46. The van der Waals surface area contributed by atoms with Gasteiger partial charge in [0.1, 0.15) is 18.5 Å². The van der Waals surface area contributed by atoms with Gasteiger partial charge >= 0.3 is 0 Å². The fourth-order valence-corrected chi connectivity index (χ4v) is 2.55. The minimum Gasteiger partial charge on any atom is -0.491 e. The third kappa shape index (κ3) is 2.72. The van der Waals surface area contributed by atoms with Gasteiger partial charge in [-0.05, 0) is 12.5 Å². The monoisotopic (exact) mass is 259 g/mol. The summed E-state index contributed by atoms with van der Waals surface area (Å²) < 4.78 is 5.84. The second-order valence-corrected chi connectivity index (χ2v) is 4.85. The second kappa shape index (κ2) is 6.04. The van der Waals surface area contributed by atoms with Gasteiger partial charge in [0, 0.05) is 18.7 Å². The first kappa shape index (κ1) is 13.8. The molecule has 2 rings (SSSR count). The maximum absolute atomic E-state index is 10.6. The average molecular weight is 259 g/mol. The van der Waals surface area contributed by atoms with E-state index in [2.05, 4.69) is 18.1 Å². The SMILES string of the molecule is C=CCN(CC=C)C1COc2c(C)cccc2C1O. The molecule has 0 spiro atoms. The first-order chi connectivity index (χ1) is 9.19. The van der Waals surface area contributed by atoms with Gasteiger partial charge in [-0.15, -0.1) is 13.2 Å². The molecule has 19 heavy (non-hydrogen) atoms. The number of aliphatic hydroxyl groups excluding tert-OH is 1. The van der Waals surface area contributed by atoms with Crippen LogP contribution in [0.2, 0.25) is 0 Å². The molecule has 1 aromatic rings. The molecule has 0 amide bonds. The number of hydrogen-bond acceptors (Lipinski definition) is 3. The molecular weight excluding hydrogens is 238 g/mol. The Kier molecular flexibility index (Phi) is 4.40. The van der Waals surface area contributed by atoms with E-state index in [0.29, 0.717) is 19.7 Å². The van der Waals surface area contributed by atoms with E-state index in [1.807, 2.05) is 37.3 Å². The van der Waals surface area contributed by atoms with Crippen molar-refractivity contribution in [2.24, 2.45) is 0 Å². The molecule has 1 aliphatic heterocycles. The minimum absolute atomic E-state index is 0.0645. The normalized spacial score (nSPS) is 21.6. The van der Waals surface area contributed by atoms with Crippen molar-refractivity contribution in [1.29, 1.82) is 0 Å². The van der Waals surface area contributed by atoms with Gasteiger partial charge in [0.15, 0.2) is 0 Å². The lowest BCUT2D eigenvalue weighted by Gasteiger charge is -2.37. The molecule has 2 atom stereocenters. The van der Waals surface area contributed by atoms with Gasteiger partial charge in [0.25, 0.3) is 0 Å². The Bertz CT molecular complexity index is 460. The van der Waals surface area contributed by atoms with Crippen LogP contribution in [0.3, 0.4) is 0 Å². The van der Waals surface area contributed by atoms with Crippen LogP contribution in [0.4, 0.5) is 0 Å².